The van der Waals surface area contributed by atoms with Crippen LogP contribution in [0.2, 0.25) is 0 Å². The molecule has 1 aromatic rings. The molecule has 1 amide bonds. The van der Waals surface area contributed by atoms with Gasteiger partial charge in [-0.15, -0.1) is 10.2 Å². The first-order chi connectivity index (χ1) is 9.58. The summed E-state index contributed by atoms with van der Waals surface area (Å²) in [6, 6.07) is 0.333. The zero-order valence-electron chi connectivity index (χ0n) is 12.3. The van der Waals surface area contributed by atoms with Gasteiger partial charge in [-0.1, -0.05) is 13.8 Å². The van der Waals surface area contributed by atoms with Crippen LogP contribution in [0.25, 0.3) is 0 Å². The van der Waals surface area contributed by atoms with Crippen LogP contribution < -0.4 is 5.32 Å². The van der Waals surface area contributed by atoms with Crippen molar-refractivity contribution >= 4 is 5.91 Å². The van der Waals surface area contributed by atoms with Crippen LogP contribution >= 0.6 is 0 Å². The Kier molecular flexibility index (Phi) is 5.02. The molecule has 1 aromatic heterocycles. The van der Waals surface area contributed by atoms with E-state index in [4.69, 9.17) is 0 Å². The summed E-state index contributed by atoms with van der Waals surface area (Å²) >= 11 is 0. The molecule has 1 saturated heterocycles. The van der Waals surface area contributed by atoms with Crippen LogP contribution in [0, 0.1) is 5.92 Å². The number of carbonyl (C=O) groups is 1. The van der Waals surface area contributed by atoms with E-state index < -0.39 is 0 Å². The van der Waals surface area contributed by atoms with Crippen molar-refractivity contribution in [3.05, 3.63) is 5.82 Å². The van der Waals surface area contributed by atoms with Crippen molar-refractivity contribution in [1.82, 2.24) is 35.7 Å². The Morgan fingerprint density at radius 2 is 2.05 bits per heavy atom. The molecule has 0 aromatic carbocycles. The lowest BCUT2D eigenvalue weighted by atomic mass is 10.0. The third-order valence-electron chi connectivity index (χ3n) is 3.80. The first-order valence-electron chi connectivity index (χ1n) is 7.02. The summed E-state index contributed by atoms with van der Waals surface area (Å²) in [5.41, 5.74) is 0. The molecule has 0 bridgehead atoms. The highest BCUT2D eigenvalue weighted by atomic mass is 16.2. The van der Waals surface area contributed by atoms with Crippen molar-refractivity contribution in [1.29, 1.82) is 0 Å². The molecule has 2 N–H and O–H groups in total. The van der Waals surface area contributed by atoms with Crippen molar-refractivity contribution in [2.75, 3.05) is 39.8 Å². The maximum Gasteiger partial charge on any atom is 0.292 e. The SMILES string of the molecule is CC(C)C(CNC(=O)c1nn[nH]n1)N1CCN(C)CC1. The zero-order valence-corrected chi connectivity index (χ0v) is 12.3. The fourth-order valence-electron chi connectivity index (χ4n) is 2.47. The van der Waals surface area contributed by atoms with Gasteiger partial charge < -0.3 is 10.2 Å². The number of carbonyl (C=O) groups excluding carboxylic acids is 1. The van der Waals surface area contributed by atoms with E-state index in [9.17, 15) is 4.79 Å². The number of likely N-dealkylation sites (N-methyl/N-ethyl adjacent to an activating group) is 1. The normalized spacial score (nSPS) is 19.2. The summed E-state index contributed by atoms with van der Waals surface area (Å²) in [7, 11) is 2.14. The molecule has 1 aliphatic heterocycles. The first-order valence-corrected chi connectivity index (χ1v) is 7.02. The Morgan fingerprint density at radius 3 is 2.60 bits per heavy atom. The number of hydrogen-bond donors (Lipinski definition) is 2. The van der Waals surface area contributed by atoms with E-state index in [0.717, 1.165) is 26.2 Å². The monoisotopic (exact) mass is 281 g/mol. The molecule has 2 heterocycles. The molecule has 1 aliphatic rings. The lowest BCUT2D eigenvalue weighted by molar-refractivity contribution is 0.0786. The van der Waals surface area contributed by atoms with Gasteiger partial charge in [-0.3, -0.25) is 9.69 Å². The molecule has 20 heavy (non-hydrogen) atoms. The minimum absolute atomic E-state index is 0.0888. The Morgan fingerprint density at radius 1 is 1.35 bits per heavy atom. The van der Waals surface area contributed by atoms with Crippen molar-refractivity contribution in [3.8, 4) is 0 Å². The van der Waals surface area contributed by atoms with Crippen LogP contribution in [0.15, 0.2) is 0 Å². The van der Waals surface area contributed by atoms with Gasteiger partial charge in [0.25, 0.3) is 11.7 Å². The summed E-state index contributed by atoms with van der Waals surface area (Å²) in [4.78, 5) is 16.6. The Bertz CT molecular complexity index is 411. The van der Waals surface area contributed by atoms with E-state index in [1.165, 1.54) is 0 Å². The molecule has 0 saturated carbocycles. The highest BCUT2D eigenvalue weighted by molar-refractivity contribution is 5.90. The standard InChI is InChI=1S/C12H23N7O/c1-9(2)10(19-6-4-18(3)5-7-19)8-13-12(20)11-14-16-17-15-11/h9-10H,4-8H2,1-3H3,(H,13,20)(H,14,15,16,17). The number of aromatic amines is 1. The number of rotatable bonds is 5. The van der Waals surface area contributed by atoms with E-state index in [1.54, 1.807) is 0 Å². The second-order valence-electron chi connectivity index (χ2n) is 5.60. The van der Waals surface area contributed by atoms with Crippen molar-refractivity contribution in [2.45, 2.75) is 19.9 Å². The van der Waals surface area contributed by atoms with Gasteiger partial charge in [-0.25, -0.2) is 0 Å². The number of nitrogens with zero attached hydrogens (tertiary/aromatic N) is 5. The van der Waals surface area contributed by atoms with Crippen molar-refractivity contribution < 1.29 is 4.79 Å². The van der Waals surface area contributed by atoms with Crippen LogP contribution in [0.5, 0.6) is 0 Å². The third kappa shape index (κ3) is 3.73. The maximum absolute atomic E-state index is 11.8. The molecular weight excluding hydrogens is 258 g/mol. The number of H-pyrrole nitrogens is 1. The van der Waals surface area contributed by atoms with Gasteiger partial charge in [0.05, 0.1) is 0 Å². The van der Waals surface area contributed by atoms with Gasteiger partial charge in [0.1, 0.15) is 0 Å². The smallest absolute Gasteiger partial charge is 0.292 e. The number of tetrazole rings is 1. The summed E-state index contributed by atoms with van der Waals surface area (Å²) in [6.45, 7) is 9.20. The fourth-order valence-corrected chi connectivity index (χ4v) is 2.47. The second-order valence-corrected chi connectivity index (χ2v) is 5.60. The summed E-state index contributed by atoms with van der Waals surface area (Å²) in [5.74, 6) is 0.286. The highest BCUT2D eigenvalue weighted by Gasteiger charge is 2.25. The lowest BCUT2D eigenvalue weighted by Crippen LogP contribution is -2.54. The first kappa shape index (κ1) is 14.9. The van der Waals surface area contributed by atoms with Crippen LogP contribution in [0.3, 0.4) is 0 Å². The van der Waals surface area contributed by atoms with Gasteiger partial charge in [0.2, 0.25) is 0 Å². The van der Waals surface area contributed by atoms with Gasteiger partial charge in [-0.2, -0.15) is 5.21 Å². The van der Waals surface area contributed by atoms with Crippen LogP contribution in [0.1, 0.15) is 24.5 Å². The van der Waals surface area contributed by atoms with Gasteiger partial charge in [0, 0.05) is 38.8 Å². The van der Waals surface area contributed by atoms with Crippen LogP contribution in [-0.2, 0) is 0 Å². The van der Waals surface area contributed by atoms with Crippen molar-refractivity contribution in [3.63, 3.8) is 0 Å². The Labute approximate surface area is 118 Å². The number of aromatic nitrogens is 4. The predicted molar refractivity (Wildman–Crippen MR) is 74.2 cm³/mol. The predicted octanol–water partition coefficient (Wildman–Crippen LogP) is -0.798. The van der Waals surface area contributed by atoms with E-state index in [2.05, 4.69) is 56.6 Å². The molecule has 8 heteroatoms. The molecular formula is C12H23N7O. The van der Waals surface area contributed by atoms with Gasteiger partial charge in [-0.05, 0) is 18.2 Å². The molecule has 0 spiro atoms. The van der Waals surface area contributed by atoms with E-state index in [1.807, 2.05) is 0 Å². The average Bonchev–Trinajstić information content (AvgIpc) is 2.94. The van der Waals surface area contributed by atoms with E-state index >= 15 is 0 Å². The number of hydrogen-bond acceptors (Lipinski definition) is 6. The molecule has 0 aliphatic carbocycles. The quantitative estimate of drug-likeness (QED) is 0.734. The average molecular weight is 281 g/mol. The highest BCUT2D eigenvalue weighted by Crippen LogP contribution is 2.12. The molecule has 1 atom stereocenters. The zero-order chi connectivity index (χ0) is 14.5. The van der Waals surface area contributed by atoms with Crippen LogP contribution in [0.4, 0.5) is 0 Å². The van der Waals surface area contributed by atoms with Gasteiger partial charge in [0.15, 0.2) is 0 Å². The summed E-state index contributed by atoms with van der Waals surface area (Å²) < 4.78 is 0. The lowest BCUT2D eigenvalue weighted by Gasteiger charge is -2.39. The second kappa shape index (κ2) is 6.76. The molecule has 1 unspecified atom stereocenters. The van der Waals surface area contributed by atoms with Crippen LogP contribution in [-0.4, -0.2) is 82.1 Å². The fraction of sp³-hybridized carbons (Fsp3) is 0.833. The summed E-state index contributed by atoms with van der Waals surface area (Å²) in [6.07, 6.45) is 0. The van der Waals surface area contributed by atoms with Crippen molar-refractivity contribution in [2.24, 2.45) is 5.92 Å². The number of amides is 1. The molecule has 112 valence electrons. The molecule has 0 radical (unpaired) electrons. The Hall–Kier alpha value is -1.54. The maximum atomic E-state index is 11.8. The third-order valence-corrected chi connectivity index (χ3v) is 3.80. The molecule has 8 nitrogen and oxygen atoms in total. The topological polar surface area (TPSA) is 90.0 Å². The minimum atomic E-state index is -0.279. The number of piperazine rings is 1. The largest absolute Gasteiger partial charge is 0.348 e. The van der Waals surface area contributed by atoms with E-state index in [0.29, 0.717) is 18.5 Å². The number of nitrogens with one attached hydrogen (secondary N) is 2. The van der Waals surface area contributed by atoms with E-state index in [-0.39, 0.29) is 11.7 Å². The van der Waals surface area contributed by atoms with Gasteiger partial charge >= 0.3 is 0 Å². The Balaban J connectivity index is 1.88. The molecule has 1 fully saturated rings. The molecule has 2 rings (SSSR count). The minimum Gasteiger partial charge on any atom is -0.348 e. The summed E-state index contributed by atoms with van der Waals surface area (Å²) in [5, 5.41) is 15.9.